The number of halogens is 2. The predicted molar refractivity (Wildman–Crippen MR) is 79.7 cm³/mol. The van der Waals surface area contributed by atoms with Crippen LogP contribution >= 0.6 is 23.4 Å². The molecule has 19 heavy (non-hydrogen) atoms. The Morgan fingerprint density at radius 1 is 1.37 bits per heavy atom. The molecular formula is C14H16ClFN2S. The summed E-state index contributed by atoms with van der Waals surface area (Å²) in [4.78, 5) is 4.47. The number of rotatable bonds is 3. The van der Waals surface area contributed by atoms with Gasteiger partial charge in [-0.05, 0) is 36.5 Å². The summed E-state index contributed by atoms with van der Waals surface area (Å²) in [6.07, 6.45) is 2.95. The molecule has 5 heteroatoms. The van der Waals surface area contributed by atoms with E-state index in [-0.39, 0.29) is 5.82 Å². The SMILES string of the molecule is Fc1cccc2c1nc(CCCl)n2C1CCSCC1. The molecule has 2 aromatic rings. The van der Waals surface area contributed by atoms with Gasteiger partial charge in [-0.25, -0.2) is 9.37 Å². The van der Waals surface area contributed by atoms with Crippen LogP contribution in [-0.2, 0) is 6.42 Å². The van der Waals surface area contributed by atoms with Crippen LogP contribution in [0.25, 0.3) is 11.0 Å². The second-order valence-electron chi connectivity index (χ2n) is 4.79. The summed E-state index contributed by atoms with van der Waals surface area (Å²) < 4.78 is 16.1. The van der Waals surface area contributed by atoms with E-state index in [1.54, 1.807) is 6.07 Å². The van der Waals surface area contributed by atoms with Crippen LogP contribution in [0.1, 0.15) is 24.7 Å². The highest BCUT2D eigenvalue weighted by molar-refractivity contribution is 7.99. The van der Waals surface area contributed by atoms with Gasteiger partial charge in [-0.3, -0.25) is 0 Å². The zero-order valence-corrected chi connectivity index (χ0v) is 12.2. The van der Waals surface area contributed by atoms with Crippen molar-refractivity contribution in [2.45, 2.75) is 25.3 Å². The molecule has 0 N–H and O–H groups in total. The maximum Gasteiger partial charge on any atom is 0.151 e. The highest BCUT2D eigenvalue weighted by atomic mass is 35.5. The summed E-state index contributed by atoms with van der Waals surface area (Å²) in [6, 6.07) is 5.63. The van der Waals surface area contributed by atoms with Crippen molar-refractivity contribution in [2.24, 2.45) is 0 Å². The Bertz CT molecular complexity index is 578. The van der Waals surface area contributed by atoms with Crippen molar-refractivity contribution < 1.29 is 4.39 Å². The van der Waals surface area contributed by atoms with Crippen LogP contribution in [0.2, 0.25) is 0 Å². The molecule has 0 spiro atoms. The minimum absolute atomic E-state index is 0.239. The average Bonchev–Trinajstić information content (AvgIpc) is 2.80. The molecule has 0 radical (unpaired) electrons. The Kier molecular flexibility index (Phi) is 3.99. The Labute approximate surface area is 121 Å². The standard InChI is InChI=1S/C14H16ClFN2S/c15-7-4-13-17-14-11(16)2-1-3-12(14)18(13)10-5-8-19-9-6-10/h1-3,10H,4-9H2. The molecule has 3 rings (SSSR count). The number of benzene rings is 1. The van der Waals surface area contributed by atoms with E-state index in [4.69, 9.17) is 11.6 Å². The predicted octanol–water partition coefficient (Wildman–Crippen LogP) is 4.02. The fourth-order valence-electron chi connectivity index (χ4n) is 2.74. The lowest BCUT2D eigenvalue weighted by Gasteiger charge is -2.25. The van der Waals surface area contributed by atoms with Crippen LogP contribution in [0.15, 0.2) is 18.2 Å². The molecule has 1 fully saturated rings. The van der Waals surface area contributed by atoms with E-state index in [9.17, 15) is 4.39 Å². The number of nitrogens with zero attached hydrogens (tertiary/aromatic N) is 2. The van der Waals surface area contributed by atoms with E-state index in [1.165, 1.54) is 17.6 Å². The van der Waals surface area contributed by atoms with Gasteiger partial charge in [0.15, 0.2) is 5.82 Å². The zero-order chi connectivity index (χ0) is 13.2. The molecule has 2 heterocycles. The number of aromatic nitrogens is 2. The average molecular weight is 299 g/mol. The number of alkyl halides is 1. The maximum absolute atomic E-state index is 13.9. The van der Waals surface area contributed by atoms with Crippen molar-refractivity contribution in [3.8, 4) is 0 Å². The topological polar surface area (TPSA) is 17.8 Å². The molecule has 0 bridgehead atoms. The van der Waals surface area contributed by atoms with Gasteiger partial charge in [0.1, 0.15) is 11.3 Å². The van der Waals surface area contributed by atoms with E-state index in [1.807, 2.05) is 17.8 Å². The summed E-state index contributed by atoms with van der Waals surface area (Å²) in [5, 5.41) is 0. The first-order valence-corrected chi connectivity index (χ1v) is 8.29. The maximum atomic E-state index is 13.9. The Morgan fingerprint density at radius 3 is 2.89 bits per heavy atom. The third-order valence-corrected chi connectivity index (χ3v) is 4.86. The monoisotopic (exact) mass is 298 g/mol. The summed E-state index contributed by atoms with van der Waals surface area (Å²) in [5.74, 6) is 3.54. The van der Waals surface area contributed by atoms with Crippen LogP contribution in [0, 0.1) is 5.82 Å². The molecule has 1 aliphatic heterocycles. The molecule has 102 valence electrons. The van der Waals surface area contributed by atoms with Gasteiger partial charge in [0, 0.05) is 18.3 Å². The van der Waals surface area contributed by atoms with Gasteiger partial charge in [0.25, 0.3) is 0 Å². The molecule has 1 aliphatic rings. The molecule has 0 aliphatic carbocycles. The number of aryl methyl sites for hydroxylation is 1. The van der Waals surface area contributed by atoms with Gasteiger partial charge in [-0.1, -0.05) is 6.07 Å². The summed E-state index contributed by atoms with van der Waals surface area (Å²) >= 11 is 7.85. The fourth-order valence-corrected chi connectivity index (χ4v) is 3.99. The second kappa shape index (κ2) is 5.71. The van der Waals surface area contributed by atoms with Crippen LogP contribution in [0.4, 0.5) is 4.39 Å². The fraction of sp³-hybridized carbons (Fsp3) is 0.500. The van der Waals surface area contributed by atoms with Gasteiger partial charge in [-0.15, -0.1) is 11.6 Å². The second-order valence-corrected chi connectivity index (χ2v) is 6.39. The lowest BCUT2D eigenvalue weighted by molar-refractivity contribution is 0.466. The highest BCUT2D eigenvalue weighted by Gasteiger charge is 2.22. The lowest BCUT2D eigenvalue weighted by Crippen LogP contribution is -2.17. The molecule has 1 saturated heterocycles. The largest absolute Gasteiger partial charge is 0.325 e. The highest BCUT2D eigenvalue weighted by Crippen LogP contribution is 2.32. The van der Waals surface area contributed by atoms with Gasteiger partial charge >= 0.3 is 0 Å². The van der Waals surface area contributed by atoms with Crippen molar-refractivity contribution in [3.63, 3.8) is 0 Å². The number of imidazole rings is 1. The van der Waals surface area contributed by atoms with Crippen molar-refractivity contribution in [1.29, 1.82) is 0 Å². The van der Waals surface area contributed by atoms with Crippen molar-refractivity contribution >= 4 is 34.4 Å². The van der Waals surface area contributed by atoms with Crippen molar-refractivity contribution in [3.05, 3.63) is 29.8 Å². The van der Waals surface area contributed by atoms with E-state index < -0.39 is 0 Å². The van der Waals surface area contributed by atoms with Gasteiger partial charge in [-0.2, -0.15) is 11.8 Å². The first-order valence-electron chi connectivity index (χ1n) is 6.60. The minimum atomic E-state index is -0.239. The molecule has 1 aromatic heterocycles. The summed E-state index contributed by atoms with van der Waals surface area (Å²) in [7, 11) is 0. The van der Waals surface area contributed by atoms with E-state index in [0.29, 0.717) is 23.9 Å². The first-order chi connectivity index (χ1) is 9.31. The third kappa shape index (κ3) is 2.48. The van der Waals surface area contributed by atoms with E-state index in [2.05, 4.69) is 9.55 Å². The molecule has 0 saturated carbocycles. The number of hydrogen-bond donors (Lipinski definition) is 0. The molecular weight excluding hydrogens is 283 g/mol. The van der Waals surface area contributed by atoms with Gasteiger partial charge < -0.3 is 4.57 Å². The van der Waals surface area contributed by atoms with Crippen molar-refractivity contribution in [1.82, 2.24) is 9.55 Å². The van der Waals surface area contributed by atoms with E-state index in [0.717, 1.165) is 24.2 Å². The number of thioether (sulfide) groups is 1. The lowest BCUT2D eigenvalue weighted by atomic mass is 10.1. The quantitative estimate of drug-likeness (QED) is 0.796. The number of hydrogen-bond acceptors (Lipinski definition) is 2. The van der Waals surface area contributed by atoms with Gasteiger partial charge in [0.2, 0.25) is 0 Å². The zero-order valence-electron chi connectivity index (χ0n) is 10.6. The van der Waals surface area contributed by atoms with E-state index >= 15 is 0 Å². The molecule has 1 aromatic carbocycles. The molecule has 2 nitrogen and oxygen atoms in total. The van der Waals surface area contributed by atoms with Crippen molar-refractivity contribution in [2.75, 3.05) is 17.4 Å². The summed E-state index contributed by atoms with van der Waals surface area (Å²) in [5.41, 5.74) is 1.40. The number of para-hydroxylation sites is 1. The third-order valence-electron chi connectivity index (χ3n) is 3.62. The molecule has 0 unspecified atom stereocenters. The van der Waals surface area contributed by atoms with Gasteiger partial charge in [0.05, 0.1) is 5.52 Å². The smallest absolute Gasteiger partial charge is 0.151 e. The van der Waals surface area contributed by atoms with Crippen LogP contribution in [0.5, 0.6) is 0 Å². The Hall–Kier alpha value is -0.740. The Morgan fingerprint density at radius 2 is 2.16 bits per heavy atom. The summed E-state index contributed by atoms with van der Waals surface area (Å²) in [6.45, 7) is 0. The first kappa shape index (κ1) is 13.3. The van der Waals surface area contributed by atoms with Crippen LogP contribution in [0.3, 0.4) is 0 Å². The number of fused-ring (bicyclic) bond motifs is 1. The Balaban J connectivity index is 2.13. The normalized spacial score (nSPS) is 17.2. The molecule has 0 amide bonds. The van der Waals surface area contributed by atoms with Crippen LogP contribution < -0.4 is 0 Å². The minimum Gasteiger partial charge on any atom is -0.325 e. The molecule has 0 atom stereocenters. The van der Waals surface area contributed by atoms with Crippen LogP contribution in [-0.4, -0.2) is 26.9 Å².